The number of halogens is 5. The van der Waals surface area contributed by atoms with Crippen molar-refractivity contribution in [2.75, 3.05) is 32.8 Å². The zero-order chi connectivity index (χ0) is 32.5. The summed E-state index contributed by atoms with van der Waals surface area (Å²) in [6.07, 6.45) is -4.60. The molecule has 0 radical (unpaired) electrons. The molecule has 0 aromatic heterocycles. The van der Waals surface area contributed by atoms with Gasteiger partial charge in [0.1, 0.15) is 17.6 Å². The Balaban J connectivity index is 1.64. The number of rotatable bonds is 6. The lowest BCUT2D eigenvalue weighted by atomic mass is 9.93. The number of piperazine rings is 1. The number of benzene rings is 3. The van der Waals surface area contributed by atoms with Gasteiger partial charge in [0.25, 0.3) is 0 Å². The van der Waals surface area contributed by atoms with Crippen molar-refractivity contribution >= 4 is 41.0 Å². The molecular formula is C33H33Cl2F3N4O3. The number of hydrogen-bond acceptors (Lipinski definition) is 4. The molecule has 238 valence electrons. The third-order valence-electron chi connectivity index (χ3n) is 7.90. The van der Waals surface area contributed by atoms with Crippen LogP contribution in [0.1, 0.15) is 55.1 Å². The molecule has 2 aliphatic heterocycles. The highest BCUT2D eigenvalue weighted by Gasteiger charge is 2.45. The Kier molecular flexibility index (Phi) is 9.65. The van der Waals surface area contributed by atoms with Crippen molar-refractivity contribution in [1.29, 1.82) is 0 Å². The van der Waals surface area contributed by atoms with E-state index in [9.17, 15) is 22.8 Å². The van der Waals surface area contributed by atoms with Gasteiger partial charge in [-0.15, -0.1) is 0 Å². The lowest BCUT2D eigenvalue weighted by molar-refractivity contribution is -0.138. The van der Waals surface area contributed by atoms with Gasteiger partial charge in [-0.2, -0.15) is 13.2 Å². The monoisotopic (exact) mass is 660 g/mol. The average Bonchev–Trinajstić information content (AvgIpc) is 3.41. The third kappa shape index (κ3) is 6.92. The zero-order valence-electron chi connectivity index (χ0n) is 25.0. The second kappa shape index (κ2) is 13.3. The number of urea groups is 1. The Morgan fingerprint density at radius 2 is 1.44 bits per heavy atom. The Labute approximate surface area is 270 Å². The molecular weight excluding hydrogens is 628 g/mol. The van der Waals surface area contributed by atoms with Crippen molar-refractivity contribution in [3.63, 3.8) is 0 Å². The van der Waals surface area contributed by atoms with Crippen molar-refractivity contribution in [2.24, 2.45) is 10.9 Å². The molecule has 0 saturated carbocycles. The molecule has 3 aromatic carbocycles. The normalized spacial score (nSPS) is 18.8. The fourth-order valence-corrected chi connectivity index (χ4v) is 5.90. The first kappa shape index (κ1) is 32.6. The summed E-state index contributed by atoms with van der Waals surface area (Å²) >= 11 is 12.4. The predicted molar refractivity (Wildman–Crippen MR) is 168 cm³/mol. The standard InChI is InChI=1S/C33H33Cl2F3N4O3/c1-4-45-27-19-23(33(36,37)38)9-14-26(27)30-39-28(21-5-10-24(34)11-6-21)29(22-7-12-25(35)13-8-22)42(30)32(44)41-17-15-40(16-18-41)31(43)20(2)3/h5-14,19-20,28-29H,4,15-18H2,1-3H3. The van der Waals surface area contributed by atoms with Crippen LogP contribution in [0.3, 0.4) is 0 Å². The summed E-state index contributed by atoms with van der Waals surface area (Å²) in [6, 6.07) is 15.6. The van der Waals surface area contributed by atoms with Gasteiger partial charge in [0.05, 0.1) is 23.8 Å². The van der Waals surface area contributed by atoms with E-state index in [0.29, 0.717) is 23.1 Å². The van der Waals surface area contributed by atoms with Crippen molar-refractivity contribution in [1.82, 2.24) is 14.7 Å². The molecule has 5 rings (SSSR count). The number of amidine groups is 1. The van der Waals surface area contributed by atoms with Gasteiger partial charge < -0.3 is 14.5 Å². The molecule has 2 unspecified atom stereocenters. The summed E-state index contributed by atoms with van der Waals surface area (Å²) in [4.78, 5) is 37.2. The van der Waals surface area contributed by atoms with Gasteiger partial charge in [-0.1, -0.05) is 61.3 Å². The minimum absolute atomic E-state index is 0.0125. The second-order valence-electron chi connectivity index (χ2n) is 11.2. The summed E-state index contributed by atoms with van der Waals surface area (Å²) in [5.41, 5.74) is 0.859. The molecule has 7 nitrogen and oxygen atoms in total. The van der Waals surface area contributed by atoms with Gasteiger partial charge in [0.2, 0.25) is 5.91 Å². The van der Waals surface area contributed by atoms with Gasteiger partial charge >= 0.3 is 12.2 Å². The van der Waals surface area contributed by atoms with Crippen molar-refractivity contribution < 1.29 is 27.5 Å². The minimum atomic E-state index is -4.60. The smallest absolute Gasteiger partial charge is 0.416 e. The Hall–Kier alpha value is -3.76. The average molecular weight is 662 g/mol. The number of hydrogen-bond donors (Lipinski definition) is 0. The molecule has 3 aromatic rings. The van der Waals surface area contributed by atoms with E-state index in [4.69, 9.17) is 32.9 Å². The maximum atomic E-state index is 14.6. The topological polar surface area (TPSA) is 65.5 Å². The number of amides is 3. The van der Waals surface area contributed by atoms with E-state index in [0.717, 1.165) is 23.3 Å². The lowest BCUT2D eigenvalue weighted by Crippen LogP contribution is -2.55. The van der Waals surface area contributed by atoms with Crippen LogP contribution in [-0.2, 0) is 11.0 Å². The maximum absolute atomic E-state index is 14.6. The van der Waals surface area contributed by atoms with Gasteiger partial charge in [0.15, 0.2) is 0 Å². The van der Waals surface area contributed by atoms with Crippen LogP contribution in [0.4, 0.5) is 18.0 Å². The van der Waals surface area contributed by atoms with E-state index in [1.54, 1.807) is 41.0 Å². The largest absolute Gasteiger partial charge is 0.493 e. The highest BCUT2D eigenvalue weighted by atomic mass is 35.5. The lowest BCUT2D eigenvalue weighted by Gasteiger charge is -2.39. The van der Waals surface area contributed by atoms with Gasteiger partial charge in [-0.05, 0) is 60.5 Å². The minimum Gasteiger partial charge on any atom is -0.493 e. The molecule has 12 heteroatoms. The third-order valence-corrected chi connectivity index (χ3v) is 8.41. The van der Waals surface area contributed by atoms with Crippen LogP contribution >= 0.6 is 23.2 Å². The molecule has 0 spiro atoms. The maximum Gasteiger partial charge on any atom is 0.416 e. The van der Waals surface area contributed by atoms with Gasteiger partial charge in [0, 0.05) is 42.1 Å². The molecule has 45 heavy (non-hydrogen) atoms. The SMILES string of the molecule is CCOc1cc(C(F)(F)F)ccc1C1=NC(c2ccc(Cl)cc2)C(c2ccc(Cl)cc2)N1C(=O)N1CCN(C(=O)C(C)C)CC1. The Morgan fingerprint density at radius 1 is 0.889 bits per heavy atom. The summed E-state index contributed by atoms with van der Waals surface area (Å²) in [5.74, 6) is -0.0188. The number of carbonyl (C=O) groups excluding carboxylic acids is 2. The molecule has 2 heterocycles. The fourth-order valence-electron chi connectivity index (χ4n) is 5.65. The molecule has 0 bridgehead atoms. The molecule has 1 saturated heterocycles. The van der Waals surface area contributed by atoms with Crippen LogP contribution in [0.15, 0.2) is 71.7 Å². The van der Waals surface area contributed by atoms with Crippen LogP contribution in [0.5, 0.6) is 5.75 Å². The highest BCUT2D eigenvalue weighted by molar-refractivity contribution is 6.30. The number of aliphatic imine (C=N–C) groups is 1. The quantitative estimate of drug-likeness (QED) is 0.270. The Morgan fingerprint density at radius 3 is 1.98 bits per heavy atom. The van der Waals surface area contributed by atoms with Crippen LogP contribution in [0.2, 0.25) is 10.0 Å². The number of nitrogens with zero attached hydrogens (tertiary/aromatic N) is 4. The molecule has 2 aliphatic rings. The molecule has 2 atom stereocenters. The Bertz CT molecular complexity index is 1570. The number of ether oxygens (including phenoxy) is 1. The van der Waals surface area contributed by atoms with E-state index in [1.807, 2.05) is 38.1 Å². The molecule has 3 amide bonds. The van der Waals surface area contributed by atoms with Crippen molar-refractivity contribution in [3.8, 4) is 5.75 Å². The predicted octanol–water partition coefficient (Wildman–Crippen LogP) is 7.88. The summed E-state index contributed by atoms with van der Waals surface area (Å²) < 4.78 is 46.9. The van der Waals surface area contributed by atoms with E-state index >= 15 is 0 Å². The summed E-state index contributed by atoms with van der Waals surface area (Å²) in [5, 5.41) is 1.03. The van der Waals surface area contributed by atoms with Gasteiger partial charge in [-0.25, -0.2) is 4.79 Å². The van der Waals surface area contributed by atoms with E-state index in [1.165, 1.54) is 11.0 Å². The van der Waals surface area contributed by atoms with E-state index in [2.05, 4.69) is 0 Å². The van der Waals surface area contributed by atoms with E-state index < -0.39 is 23.8 Å². The molecule has 0 aliphatic carbocycles. The first-order chi connectivity index (χ1) is 21.4. The van der Waals surface area contributed by atoms with E-state index in [-0.39, 0.29) is 54.7 Å². The highest BCUT2D eigenvalue weighted by Crippen LogP contribution is 2.46. The van der Waals surface area contributed by atoms with Crippen molar-refractivity contribution in [3.05, 3.63) is 99.0 Å². The number of carbonyl (C=O) groups is 2. The van der Waals surface area contributed by atoms with Crippen LogP contribution in [-0.4, -0.2) is 65.3 Å². The summed E-state index contributed by atoms with van der Waals surface area (Å²) in [6.45, 7) is 6.73. The fraction of sp³-hybridized carbons (Fsp3) is 0.364. The van der Waals surface area contributed by atoms with Crippen LogP contribution < -0.4 is 4.74 Å². The van der Waals surface area contributed by atoms with Crippen LogP contribution in [0, 0.1) is 5.92 Å². The van der Waals surface area contributed by atoms with Gasteiger partial charge in [-0.3, -0.25) is 14.7 Å². The molecule has 1 fully saturated rings. The molecule has 0 N–H and O–H groups in total. The zero-order valence-corrected chi connectivity index (χ0v) is 26.5. The first-order valence-corrected chi connectivity index (χ1v) is 15.4. The van der Waals surface area contributed by atoms with Crippen molar-refractivity contribution in [2.45, 2.75) is 39.0 Å². The number of alkyl halides is 3. The first-order valence-electron chi connectivity index (χ1n) is 14.7. The van der Waals surface area contributed by atoms with Crippen LogP contribution in [0.25, 0.3) is 0 Å². The second-order valence-corrected chi connectivity index (χ2v) is 12.1. The summed E-state index contributed by atoms with van der Waals surface area (Å²) in [7, 11) is 0.